The van der Waals surface area contributed by atoms with E-state index in [1.807, 2.05) is 25.1 Å². The molecule has 1 aromatic carbocycles. The number of isocyanates is 1. The Balaban J connectivity index is 0.000000304. The predicted octanol–water partition coefficient (Wildman–Crippen LogP) is 2.38. The standard InChI is InChI=1S/C8H10O.C5H5NO2/c1-2-7-5-3-4-6-8(7)9;1-2-3-5(8)6-4-7/h3-6,9H,2H2,1H3;2-3H,1H3. The van der Waals surface area contributed by atoms with Crippen molar-refractivity contribution in [3.63, 3.8) is 0 Å². The van der Waals surface area contributed by atoms with Crippen LogP contribution < -0.4 is 0 Å². The topological polar surface area (TPSA) is 66.7 Å². The molecule has 4 heteroatoms. The van der Waals surface area contributed by atoms with Crippen molar-refractivity contribution in [2.24, 2.45) is 4.99 Å². The normalized spacial score (nSPS) is 9.06. The van der Waals surface area contributed by atoms with E-state index >= 15 is 0 Å². The second kappa shape index (κ2) is 9.07. The molecule has 0 aromatic heterocycles. The average molecular weight is 233 g/mol. The largest absolute Gasteiger partial charge is 0.508 e. The number of phenolic OH excluding ortho intramolecular Hbond substituents is 1. The maximum absolute atomic E-state index is 10.1. The minimum absolute atomic E-state index is 0.403. The zero-order valence-electron chi connectivity index (χ0n) is 9.88. The van der Waals surface area contributed by atoms with Crippen LogP contribution in [-0.4, -0.2) is 17.1 Å². The Kier molecular flexibility index (Phi) is 7.90. The monoisotopic (exact) mass is 233 g/mol. The molecule has 0 unspecified atom stereocenters. The van der Waals surface area contributed by atoms with Gasteiger partial charge in [-0.3, -0.25) is 4.79 Å². The van der Waals surface area contributed by atoms with Crippen LogP contribution in [0.15, 0.2) is 41.4 Å². The van der Waals surface area contributed by atoms with Crippen LogP contribution in [0.5, 0.6) is 5.75 Å². The van der Waals surface area contributed by atoms with Gasteiger partial charge < -0.3 is 5.11 Å². The van der Waals surface area contributed by atoms with Gasteiger partial charge in [0.2, 0.25) is 6.08 Å². The van der Waals surface area contributed by atoms with Crippen LogP contribution >= 0.6 is 0 Å². The molecule has 1 amide bonds. The van der Waals surface area contributed by atoms with Gasteiger partial charge in [-0.25, -0.2) is 4.79 Å². The number of hydrogen-bond donors (Lipinski definition) is 1. The lowest BCUT2D eigenvalue weighted by molar-refractivity contribution is -0.113. The summed E-state index contributed by atoms with van der Waals surface area (Å²) < 4.78 is 0. The highest BCUT2D eigenvalue weighted by Crippen LogP contribution is 2.14. The van der Waals surface area contributed by atoms with Gasteiger partial charge in [0.05, 0.1) is 0 Å². The molecule has 0 saturated carbocycles. The predicted molar refractivity (Wildman–Crippen MR) is 65.4 cm³/mol. The third-order valence-corrected chi connectivity index (χ3v) is 1.84. The highest BCUT2D eigenvalue weighted by atomic mass is 16.3. The minimum Gasteiger partial charge on any atom is -0.508 e. The van der Waals surface area contributed by atoms with E-state index in [2.05, 4.69) is 4.99 Å². The van der Waals surface area contributed by atoms with E-state index < -0.39 is 5.91 Å². The number of rotatable bonds is 2. The Bertz CT molecular complexity index is 432. The molecule has 1 rings (SSSR count). The van der Waals surface area contributed by atoms with Gasteiger partial charge in [0, 0.05) is 6.08 Å². The van der Waals surface area contributed by atoms with Crippen LogP contribution in [0.25, 0.3) is 0 Å². The van der Waals surface area contributed by atoms with Crippen molar-refractivity contribution >= 4 is 12.0 Å². The quantitative estimate of drug-likeness (QED) is 0.484. The number of allylic oxidation sites excluding steroid dienone is 1. The number of aryl methyl sites for hydroxylation is 1. The Morgan fingerprint density at radius 1 is 1.47 bits per heavy atom. The number of para-hydroxylation sites is 1. The molecule has 0 atom stereocenters. The molecule has 0 bridgehead atoms. The Morgan fingerprint density at radius 2 is 2.12 bits per heavy atom. The summed E-state index contributed by atoms with van der Waals surface area (Å²) in [5, 5.41) is 9.11. The van der Waals surface area contributed by atoms with Gasteiger partial charge in [0.1, 0.15) is 5.75 Å². The number of aliphatic imine (C=N–C) groups is 1. The summed E-state index contributed by atoms with van der Waals surface area (Å²) in [7, 11) is 0. The summed E-state index contributed by atoms with van der Waals surface area (Å²) in [6.07, 6.45) is 4.71. The number of carbonyl (C=O) groups is 1. The summed E-state index contributed by atoms with van der Waals surface area (Å²) in [6.45, 7) is 3.69. The van der Waals surface area contributed by atoms with Gasteiger partial charge in [-0.15, -0.1) is 4.99 Å². The third-order valence-electron chi connectivity index (χ3n) is 1.84. The van der Waals surface area contributed by atoms with Crippen LogP contribution in [0, 0.1) is 0 Å². The van der Waals surface area contributed by atoms with Crippen molar-refractivity contribution in [3.8, 4) is 5.75 Å². The summed E-state index contributed by atoms with van der Waals surface area (Å²) in [4.78, 5) is 22.3. The molecule has 0 aliphatic heterocycles. The number of nitrogens with zero attached hydrogens (tertiary/aromatic N) is 1. The zero-order chi connectivity index (χ0) is 13.1. The third kappa shape index (κ3) is 6.82. The first kappa shape index (κ1) is 14.8. The summed E-state index contributed by atoms with van der Waals surface area (Å²) in [5.74, 6) is -0.164. The van der Waals surface area contributed by atoms with Crippen LogP contribution in [-0.2, 0) is 16.0 Å². The molecule has 0 radical (unpaired) electrons. The smallest absolute Gasteiger partial charge is 0.280 e. The molecule has 4 nitrogen and oxygen atoms in total. The zero-order valence-corrected chi connectivity index (χ0v) is 9.88. The fourth-order valence-electron chi connectivity index (χ4n) is 1.03. The number of aromatic hydroxyl groups is 1. The Hall–Kier alpha value is -2.19. The number of hydrogen-bond acceptors (Lipinski definition) is 3. The molecule has 0 aliphatic carbocycles. The number of amides is 1. The number of phenols is 1. The first-order chi connectivity index (χ1) is 8.15. The molecular weight excluding hydrogens is 218 g/mol. The molecule has 0 spiro atoms. The van der Waals surface area contributed by atoms with Gasteiger partial charge in [-0.1, -0.05) is 31.2 Å². The van der Waals surface area contributed by atoms with Gasteiger partial charge >= 0.3 is 0 Å². The van der Waals surface area contributed by atoms with E-state index in [1.165, 1.54) is 12.2 Å². The molecule has 0 fully saturated rings. The van der Waals surface area contributed by atoms with Crippen molar-refractivity contribution in [3.05, 3.63) is 42.0 Å². The van der Waals surface area contributed by atoms with E-state index in [4.69, 9.17) is 5.11 Å². The molecule has 17 heavy (non-hydrogen) atoms. The highest BCUT2D eigenvalue weighted by molar-refractivity contribution is 5.91. The van der Waals surface area contributed by atoms with Crippen molar-refractivity contribution in [1.29, 1.82) is 0 Å². The Labute approximate surface area is 100 Å². The number of carbonyl (C=O) groups excluding carboxylic acids is 2. The van der Waals surface area contributed by atoms with E-state index in [0.29, 0.717) is 5.75 Å². The van der Waals surface area contributed by atoms with Crippen LogP contribution in [0.3, 0.4) is 0 Å². The lowest BCUT2D eigenvalue weighted by Gasteiger charge is -1.97. The fraction of sp³-hybridized carbons (Fsp3) is 0.231. The molecule has 1 aromatic rings. The molecule has 0 aliphatic rings. The highest BCUT2D eigenvalue weighted by Gasteiger charge is 1.92. The second-order valence-electron chi connectivity index (χ2n) is 3.02. The molecule has 0 saturated heterocycles. The molecular formula is C13H15NO3. The minimum atomic E-state index is -0.567. The summed E-state index contributed by atoms with van der Waals surface area (Å²) in [5.41, 5.74) is 1.01. The number of benzene rings is 1. The fourth-order valence-corrected chi connectivity index (χ4v) is 1.03. The maximum Gasteiger partial charge on any atom is 0.280 e. The first-order valence-electron chi connectivity index (χ1n) is 5.17. The molecule has 1 N–H and O–H groups in total. The summed E-state index contributed by atoms with van der Waals surface area (Å²) >= 11 is 0. The van der Waals surface area contributed by atoms with E-state index in [0.717, 1.165) is 18.1 Å². The summed E-state index contributed by atoms with van der Waals surface area (Å²) in [6, 6.07) is 7.39. The van der Waals surface area contributed by atoms with Crippen molar-refractivity contribution in [2.75, 3.05) is 0 Å². The van der Waals surface area contributed by atoms with Gasteiger partial charge in [0.25, 0.3) is 5.91 Å². The SMILES string of the molecule is CC=CC(=O)N=C=O.CCc1ccccc1O. The Morgan fingerprint density at radius 3 is 2.53 bits per heavy atom. The lowest BCUT2D eigenvalue weighted by atomic mass is 10.1. The van der Waals surface area contributed by atoms with Gasteiger partial charge in [-0.2, -0.15) is 0 Å². The molecule has 90 valence electrons. The van der Waals surface area contributed by atoms with E-state index in [-0.39, 0.29) is 0 Å². The average Bonchev–Trinajstić information content (AvgIpc) is 2.31. The lowest BCUT2D eigenvalue weighted by Crippen LogP contribution is -1.82. The van der Waals surface area contributed by atoms with Gasteiger partial charge in [-0.05, 0) is 25.0 Å². The first-order valence-corrected chi connectivity index (χ1v) is 5.17. The van der Waals surface area contributed by atoms with Crippen LogP contribution in [0.1, 0.15) is 19.4 Å². The van der Waals surface area contributed by atoms with Crippen molar-refractivity contribution in [1.82, 2.24) is 0 Å². The van der Waals surface area contributed by atoms with E-state index in [9.17, 15) is 9.59 Å². The van der Waals surface area contributed by atoms with E-state index in [1.54, 1.807) is 13.0 Å². The molecule has 0 heterocycles. The maximum atomic E-state index is 10.1. The van der Waals surface area contributed by atoms with Crippen LogP contribution in [0.4, 0.5) is 0 Å². The van der Waals surface area contributed by atoms with Crippen molar-refractivity contribution < 1.29 is 14.7 Å². The van der Waals surface area contributed by atoms with Gasteiger partial charge in [0.15, 0.2) is 0 Å². The van der Waals surface area contributed by atoms with Crippen molar-refractivity contribution in [2.45, 2.75) is 20.3 Å². The van der Waals surface area contributed by atoms with Crippen LogP contribution in [0.2, 0.25) is 0 Å². The second-order valence-corrected chi connectivity index (χ2v) is 3.02.